The van der Waals surface area contributed by atoms with Crippen molar-refractivity contribution in [3.05, 3.63) is 85.7 Å². The van der Waals surface area contributed by atoms with Crippen LogP contribution < -0.4 is 10.3 Å². The van der Waals surface area contributed by atoms with Gasteiger partial charge in [-0.15, -0.1) is 0 Å². The second-order valence-corrected chi connectivity index (χ2v) is 7.97. The van der Waals surface area contributed by atoms with Gasteiger partial charge in [0.15, 0.2) is 5.16 Å². The van der Waals surface area contributed by atoms with Crippen LogP contribution in [0.1, 0.15) is 29.3 Å². The van der Waals surface area contributed by atoms with Crippen molar-refractivity contribution in [2.24, 2.45) is 0 Å². The van der Waals surface area contributed by atoms with Gasteiger partial charge in [-0.05, 0) is 41.8 Å². The molecule has 0 radical (unpaired) electrons. The third-order valence-corrected chi connectivity index (χ3v) is 5.67. The first-order valence-corrected chi connectivity index (χ1v) is 10.5. The van der Waals surface area contributed by atoms with Gasteiger partial charge >= 0.3 is 0 Å². The van der Waals surface area contributed by atoms with Crippen LogP contribution >= 0.6 is 27.7 Å². The maximum atomic E-state index is 12.5. The number of aromatic amines is 1. The Labute approximate surface area is 171 Å². The number of aromatic nitrogens is 2. The Hall–Kier alpha value is -2.05. The summed E-state index contributed by atoms with van der Waals surface area (Å²) < 4.78 is 6.21. The standard InChI is InChI=1S/C21H21BrN2O2S/c1-3-18-19(12-15-5-4-6-16(22)11-15)23-21(24-20(18)25)27-13-14-7-9-17(26-2)10-8-14/h4-11H,3,12-13H2,1-2H3,(H,23,24,25). The van der Waals surface area contributed by atoms with Gasteiger partial charge in [-0.1, -0.05) is 58.9 Å². The summed E-state index contributed by atoms with van der Waals surface area (Å²) in [6.07, 6.45) is 1.30. The minimum atomic E-state index is -0.0465. The molecule has 0 aliphatic rings. The van der Waals surface area contributed by atoms with E-state index in [1.165, 1.54) is 11.8 Å². The van der Waals surface area contributed by atoms with E-state index < -0.39 is 0 Å². The monoisotopic (exact) mass is 444 g/mol. The fourth-order valence-corrected chi connectivity index (χ4v) is 4.10. The highest BCUT2D eigenvalue weighted by Crippen LogP contribution is 2.22. The molecule has 2 aromatic carbocycles. The summed E-state index contributed by atoms with van der Waals surface area (Å²) in [6.45, 7) is 1.99. The van der Waals surface area contributed by atoms with Gasteiger partial charge in [0, 0.05) is 22.2 Å². The molecule has 140 valence electrons. The lowest BCUT2D eigenvalue weighted by Gasteiger charge is -2.10. The van der Waals surface area contributed by atoms with E-state index in [9.17, 15) is 4.79 Å². The zero-order valence-electron chi connectivity index (χ0n) is 15.3. The van der Waals surface area contributed by atoms with E-state index in [2.05, 4.69) is 33.0 Å². The molecule has 3 rings (SSSR count). The molecule has 0 atom stereocenters. The van der Waals surface area contributed by atoms with Crippen LogP contribution in [0.25, 0.3) is 0 Å². The van der Waals surface area contributed by atoms with Gasteiger partial charge in [-0.3, -0.25) is 4.79 Å². The summed E-state index contributed by atoms with van der Waals surface area (Å²) in [4.78, 5) is 20.2. The quantitative estimate of drug-likeness (QED) is 0.412. The van der Waals surface area contributed by atoms with Crippen molar-refractivity contribution in [2.45, 2.75) is 30.7 Å². The molecule has 0 spiro atoms. The average molecular weight is 445 g/mol. The molecule has 0 unspecified atom stereocenters. The lowest BCUT2D eigenvalue weighted by molar-refractivity contribution is 0.414. The highest BCUT2D eigenvalue weighted by molar-refractivity contribution is 9.10. The normalized spacial score (nSPS) is 10.8. The molecule has 0 bridgehead atoms. The Kier molecular flexibility index (Phi) is 6.74. The maximum Gasteiger partial charge on any atom is 0.254 e. The summed E-state index contributed by atoms with van der Waals surface area (Å²) in [5.74, 6) is 1.56. The Morgan fingerprint density at radius 2 is 1.93 bits per heavy atom. The lowest BCUT2D eigenvalue weighted by Crippen LogP contribution is -2.18. The molecular formula is C21H21BrN2O2S. The van der Waals surface area contributed by atoms with Gasteiger partial charge in [0.1, 0.15) is 5.75 Å². The number of halogens is 1. The lowest BCUT2D eigenvalue weighted by atomic mass is 10.0. The van der Waals surface area contributed by atoms with E-state index >= 15 is 0 Å². The fourth-order valence-electron chi connectivity index (χ4n) is 2.81. The van der Waals surface area contributed by atoms with Crippen LogP contribution in [0.2, 0.25) is 0 Å². The molecule has 1 N–H and O–H groups in total. The molecule has 3 aromatic rings. The van der Waals surface area contributed by atoms with Crippen LogP contribution in [0.3, 0.4) is 0 Å². The van der Waals surface area contributed by atoms with Crippen molar-refractivity contribution in [1.29, 1.82) is 0 Å². The summed E-state index contributed by atoms with van der Waals surface area (Å²) in [6, 6.07) is 16.0. The van der Waals surface area contributed by atoms with Gasteiger partial charge in [-0.25, -0.2) is 4.98 Å². The van der Waals surface area contributed by atoms with Crippen molar-refractivity contribution in [1.82, 2.24) is 9.97 Å². The van der Waals surface area contributed by atoms with Gasteiger partial charge in [0.25, 0.3) is 5.56 Å². The SMILES string of the molecule is CCc1c(Cc2cccc(Br)c2)nc(SCc2ccc(OC)cc2)[nH]c1=O. The Bertz CT molecular complexity index is 971. The second-order valence-electron chi connectivity index (χ2n) is 6.09. The van der Waals surface area contributed by atoms with Gasteiger partial charge in [0.05, 0.1) is 12.8 Å². The van der Waals surface area contributed by atoms with Crippen LogP contribution in [0, 0.1) is 0 Å². The Morgan fingerprint density at radius 3 is 2.59 bits per heavy atom. The number of ether oxygens (including phenoxy) is 1. The fraction of sp³-hybridized carbons (Fsp3) is 0.238. The minimum Gasteiger partial charge on any atom is -0.497 e. The van der Waals surface area contributed by atoms with Crippen LogP contribution in [-0.4, -0.2) is 17.1 Å². The number of nitrogens with zero attached hydrogens (tertiary/aromatic N) is 1. The third-order valence-electron chi connectivity index (χ3n) is 4.23. The summed E-state index contributed by atoms with van der Waals surface area (Å²) in [7, 11) is 1.65. The Morgan fingerprint density at radius 1 is 1.15 bits per heavy atom. The summed E-state index contributed by atoms with van der Waals surface area (Å²) in [5, 5.41) is 0.651. The van der Waals surface area contributed by atoms with Crippen molar-refractivity contribution in [3.63, 3.8) is 0 Å². The Balaban J connectivity index is 1.81. The van der Waals surface area contributed by atoms with Crippen LogP contribution in [0.5, 0.6) is 5.75 Å². The molecule has 1 heterocycles. The number of thioether (sulfide) groups is 1. The molecule has 6 heteroatoms. The topological polar surface area (TPSA) is 55.0 Å². The molecule has 1 aromatic heterocycles. The second kappa shape index (κ2) is 9.24. The molecule has 0 saturated carbocycles. The first-order valence-electron chi connectivity index (χ1n) is 8.71. The van der Waals surface area contributed by atoms with Crippen LogP contribution in [0.4, 0.5) is 0 Å². The maximum absolute atomic E-state index is 12.5. The number of nitrogens with one attached hydrogen (secondary N) is 1. The average Bonchev–Trinajstić information content (AvgIpc) is 2.67. The minimum absolute atomic E-state index is 0.0465. The third kappa shape index (κ3) is 5.23. The molecule has 0 amide bonds. The molecular weight excluding hydrogens is 424 g/mol. The van der Waals surface area contributed by atoms with E-state index in [4.69, 9.17) is 9.72 Å². The number of H-pyrrole nitrogens is 1. The smallest absolute Gasteiger partial charge is 0.254 e. The molecule has 0 aliphatic heterocycles. The van der Waals surface area contributed by atoms with Crippen LogP contribution in [-0.2, 0) is 18.6 Å². The van der Waals surface area contributed by atoms with E-state index in [0.29, 0.717) is 18.0 Å². The largest absolute Gasteiger partial charge is 0.497 e. The van der Waals surface area contributed by atoms with E-state index in [-0.39, 0.29) is 5.56 Å². The van der Waals surface area contributed by atoms with Gasteiger partial charge in [-0.2, -0.15) is 0 Å². The highest BCUT2D eigenvalue weighted by atomic mass is 79.9. The molecule has 0 aliphatic carbocycles. The number of rotatable bonds is 7. The highest BCUT2D eigenvalue weighted by Gasteiger charge is 2.12. The molecule has 4 nitrogen and oxygen atoms in total. The van der Waals surface area contributed by atoms with E-state index in [0.717, 1.165) is 38.4 Å². The predicted octanol–water partition coefficient (Wildman–Crippen LogP) is 4.99. The summed E-state index contributed by atoms with van der Waals surface area (Å²) >= 11 is 5.03. The predicted molar refractivity (Wildman–Crippen MR) is 114 cm³/mol. The number of hydrogen-bond donors (Lipinski definition) is 1. The zero-order valence-corrected chi connectivity index (χ0v) is 17.7. The number of methoxy groups -OCH3 is 1. The van der Waals surface area contributed by atoms with Crippen molar-refractivity contribution in [2.75, 3.05) is 7.11 Å². The summed E-state index contributed by atoms with van der Waals surface area (Å²) in [5.41, 5.74) is 3.83. The first kappa shape index (κ1) is 19.7. The molecule has 0 saturated heterocycles. The van der Waals surface area contributed by atoms with Crippen molar-refractivity contribution in [3.8, 4) is 5.75 Å². The van der Waals surface area contributed by atoms with Crippen molar-refractivity contribution < 1.29 is 4.74 Å². The van der Waals surface area contributed by atoms with Crippen LogP contribution in [0.15, 0.2) is 63.0 Å². The number of hydrogen-bond acceptors (Lipinski definition) is 4. The molecule has 0 fully saturated rings. The first-order chi connectivity index (χ1) is 13.1. The zero-order chi connectivity index (χ0) is 19.2. The van der Waals surface area contributed by atoms with Crippen molar-refractivity contribution >= 4 is 27.7 Å². The molecule has 27 heavy (non-hydrogen) atoms. The van der Waals surface area contributed by atoms with Gasteiger partial charge in [0.2, 0.25) is 0 Å². The van der Waals surface area contributed by atoms with Gasteiger partial charge < -0.3 is 9.72 Å². The van der Waals surface area contributed by atoms with E-state index in [1.54, 1.807) is 7.11 Å². The number of benzene rings is 2. The van der Waals surface area contributed by atoms with E-state index in [1.807, 2.05) is 43.3 Å².